The maximum Gasteiger partial charge on any atom is 0.340 e. The molecule has 0 aliphatic heterocycles. The van der Waals surface area contributed by atoms with E-state index in [9.17, 15) is 14.4 Å². The summed E-state index contributed by atoms with van der Waals surface area (Å²) >= 11 is 11.6. The van der Waals surface area contributed by atoms with Crippen LogP contribution in [0.25, 0.3) is 0 Å². The molecule has 0 aromatic heterocycles. The monoisotopic (exact) mass is 318 g/mol. The number of carbonyl (C=O) groups excluding carboxylic acids is 3. The molecule has 108 valence electrons. The van der Waals surface area contributed by atoms with Crippen molar-refractivity contribution in [3.8, 4) is 0 Å². The highest BCUT2D eigenvalue weighted by Crippen LogP contribution is 2.26. The van der Waals surface area contributed by atoms with Gasteiger partial charge in [-0.2, -0.15) is 0 Å². The number of ether oxygens (including phenoxy) is 1. The standard InChI is InChI=1S/C12H12Cl2N2O4/c1-6(10(17)16-12(19)15-2)20-11(18)7-4-3-5-8(13)9(7)14/h3-6H,1-2H3,(H2,15,16,17,19)/t6-/m1/s1. The van der Waals surface area contributed by atoms with Gasteiger partial charge in [-0.25, -0.2) is 9.59 Å². The molecular formula is C12H12Cl2N2O4. The Bertz CT molecular complexity index is 548. The van der Waals surface area contributed by atoms with Gasteiger partial charge in [-0.3, -0.25) is 10.1 Å². The lowest BCUT2D eigenvalue weighted by Gasteiger charge is -2.13. The van der Waals surface area contributed by atoms with Crippen LogP contribution < -0.4 is 10.6 Å². The van der Waals surface area contributed by atoms with Gasteiger partial charge in [0.15, 0.2) is 6.10 Å². The number of hydrogen-bond donors (Lipinski definition) is 2. The lowest BCUT2D eigenvalue weighted by atomic mass is 10.2. The molecule has 0 fully saturated rings. The van der Waals surface area contributed by atoms with E-state index < -0.39 is 24.0 Å². The summed E-state index contributed by atoms with van der Waals surface area (Å²) in [6, 6.07) is 3.77. The van der Waals surface area contributed by atoms with Crippen molar-refractivity contribution in [3.05, 3.63) is 33.8 Å². The molecular weight excluding hydrogens is 307 g/mol. The van der Waals surface area contributed by atoms with Gasteiger partial charge < -0.3 is 10.1 Å². The van der Waals surface area contributed by atoms with Crippen LogP contribution in [0.5, 0.6) is 0 Å². The second-order valence-corrected chi connectivity index (χ2v) is 4.50. The van der Waals surface area contributed by atoms with Crippen LogP contribution in [0.15, 0.2) is 18.2 Å². The molecule has 8 heteroatoms. The van der Waals surface area contributed by atoms with E-state index in [4.69, 9.17) is 27.9 Å². The number of urea groups is 1. The lowest BCUT2D eigenvalue weighted by molar-refractivity contribution is -0.127. The van der Waals surface area contributed by atoms with Crippen molar-refractivity contribution in [2.75, 3.05) is 7.05 Å². The van der Waals surface area contributed by atoms with E-state index in [0.717, 1.165) is 0 Å². The Hall–Kier alpha value is -1.79. The van der Waals surface area contributed by atoms with Gasteiger partial charge >= 0.3 is 12.0 Å². The SMILES string of the molecule is CNC(=O)NC(=O)[C@@H](C)OC(=O)c1cccc(Cl)c1Cl. The second kappa shape index (κ2) is 7.12. The third-order valence-electron chi connectivity index (χ3n) is 2.29. The number of carbonyl (C=O) groups is 3. The van der Waals surface area contributed by atoms with Gasteiger partial charge in [-0.1, -0.05) is 29.3 Å². The molecule has 1 atom stereocenters. The maximum absolute atomic E-state index is 11.8. The van der Waals surface area contributed by atoms with Crippen LogP contribution >= 0.6 is 23.2 Å². The molecule has 1 aromatic rings. The van der Waals surface area contributed by atoms with E-state index in [1.165, 1.54) is 32.2 Å². The minimum absolute atomic E-state index is 0.0399. The van der Waals surface area contributed by atoms with Crippen molar-refractivity contribution in [1.29, 1.82) is 0 Å². The molecule has 6 nitrogen and oxygen atoms in total. The van der Waals surface area contributed by atoms with Crippen molar-refractivity contribution in [2.45, 2.75) is 13.0 Å². The molecule has 0 saturated heterocycles. The molecule has 1 rings (SSSR count). The van der Waals surface area contributed by atoms with Crippen LogP contribution in [0, 0.1) is 0 Å². The molecule has 0 radical (unpaired) electrons. The molecule has 0 spiro atoms. The van der Waals surface area contributed by atoms with Crippen molar-refractivity contribution in [1.82, 2.24) is 10.6 Å². The smallest absolute Gasteiger partial charge is 0.340 e. The highest BCUT2D eigenvalue weighted by atomic mass is 35.5. The van der Waals surface area contributed by atoms with E-state index in [2.05, 4.69) is 5.32 Å². The first-order valence-corrected chi connectivity index (χ1v) is 6.30. The molecule has 3 amide bonds. The summed E-state index contributed by atoms with van der Waals surface area (Å²) in [6.07, 6.45) is -1.16. The molecule has 2 N–H and O–H groups in total. The van der Waals surface area contributed by atoms with E-state index in [-0.39, 0.29) is 15.6 Å². The molecule has 20 heavy (non-hydrogen) atoms. The normalized spacial score (nSPS) is 11.4. The maximum atomic E-state index is 11.8. The van der Waals surface area contributed by atoms with Crippen molar-refractivity contribution in [3.63, 3.8) is 0 Å². The van der Waals surface area contributed by atoms with Crippen molar-refractivity contribution < 1.29 is 19.1 Å². The summed E-state index contributed by atoms with van der Waals surface area (Å²) in [6.45, 7) is 1.33. The van der Waals surface area contributed by atoms with Gasteiger partial charge in [0.2, 0.25) is 0 Å². The molecule has 0 heterocycles. The Morgan fingerprint density at radius 2 is 1.90 bits per heavy atom. The third kappa shape index (κ3) is 4.11. The topological polar surface area (TPSA) is 84.5 Å². The number of esters is 1. The molecule has 0 bridgehead atoms. The van der Waals surface area contributed by atoms with E-state index in [1.54, 1.807) is 0 Å². The van der Waals surface area contributed by atoms with E-state index >= 15 is 0 Å². The first-order chi connectivity index (χ1) is 9.36. The van der Waals surface area contributed by atoms with E-state index in [1.807, 2.05) is 5.32 Å². The number of nitrogens with one attached hydrogen (secondary N) is 2. The average molecular weight is 319 g/mol. The average Bonchev–Trinajstić information content (AvgIpc) is 2.41. The number of amides is 3. The summed E-state index contributed by atoms with van der Waals surface area (Å²) in [4.78, 5) is 34.3. The number of imide groups is 1. The Labute approximate surface area is 125 Å². The van der Waals surface area contributed by atoms with Crippen LogP contribution in [0.3, 0.4) is 0 Å². The Balaban J connectivity index is 2.73. The Morgan fingerprint density at radius 1 is 1.25 bits per heavy atom. The van der Waals surface area contributed by atoms with Crippen LogP contribution in [0.4, 0.5) is 4.79 Å². The molecule has 1 aromatic carbocycles. The molecule has 0 aliphatic carbocycles. The number of rotatable bonds is 3. The Kier molecular flexibility index (Phi) is 5.79. The summed E-state index contributed by atoms with van der Waals surface area (Å²) < 4.78 is 4.91. The highest BCUT2D eigenvalue weighted by Gasteiger charge is 2.22. The van der Waals surface area contributed by atoms with Gasteiger partial charge in [0, 0.05) is 7.05 Å². The van der Waals surface area contributed by atoms with Gasteiger partial charge in [0.1, 0.15) is 0 Å². The third-order valence-corrected chi connectivity index (χ3v) is 3.11. The Morgan fingerprint density at radius 3 is 2.50 bits per heavy atom. The molecule has 0 saturated carbocycles. The summed E-state index contributed by atoms with van der Waals surface area (Å²) in [5.74, 6) is -1.56. The zero-order valence-corrected chi connectivity index (χ0v) is 12.2. The minimum Gasteiger partial charge on any atom is -0.449 e. The largest absolute Gasteiger partial charge is 0.449 e. The predicted molar refractivity (Wildman–Crippen MR) is 73.9 cm³/mol. The number of halogens is 2. The summed E-state index contributed by atoms with van der Waals surface area (Å²) in [5, 5.41) is 4.43. The van der Waals surface area contributed by atoms with Gasteiger partial charge in [0.25, 0.3) is 5.91 Å². The van der Waals surface area contributed by atoms with Crippen LogP contribution in [-0.4, -0.2) is 31.1 Å². The minimum atomic E-state index is -1.16. The first-order valence-electron chi connectivity index (χ1n) is 5.54. The van der Waals surface area contributed by atoms with Crippen molar-refractivity contribution in [2.24, 2.45) is 0 Å². The number of hydrogen-bond acceptors (Lipinski definition) is 4. The fraction of sp³-hybridized carbons (Fsp3) is 0.250. The fourth-order valence-electron chi connectivity index (χ4n) is 1.22. The predicted octanol–water partition coefficient (Wildman–Crippen LogP) is 1.99. The van der Waals surface area contributed by atoms with Crippen LogP contribution in [-0.2, 0) is 9.53 Å². The lowest BCUT2D eigenvalue weighted by Crippen LogP contribution is -2.43. The van der Waals surface area contributed by atoms with Gasteiger partial charge in [-0.15, -0.1) is 0 Å². The fourth-order valence-corrected chi connectivity index (χ4v) is 1.59. The first kappa shape index (κ1) is 16.3. The quantitative estimate of drug-likeness (QED) is 0.835. The molecule has 0 aliphatic rings. The van der Waals surface area contributed by atoms with Gasteiger partial charge in [0.05, 0.1) is 15.6 Å². The second-order valence-electron chi connectivity index (χ2n) is 3.72. The zero-order chi connectivity index (χ0) is 15.3. The summed E-state index contributed by atoms with van der Waals surface area (Å²) in [5.41, 5.74) is 0.0405. The summed E-state index contributed by atoms with van der Waals surface area (Å²) in [7, 11) is 1.35. The number of benzene rings is 1. The zero-order valence-electron chi connectivity index (χ0n) is 10.7. The van der Waals surface area contributed by atoms with Crippen molar-refractivity contribution >= 4 is 41.1 Å². The van der Waals surface area contributed by atoms with Crippen LogP contribution in [0.1, 0.15) is 17.3 Å². The highest BCUT2D eigenvalue weighted by molar-refractivity contribution is 6.43. The van der Waals surface area contributed by atoms with Gasteiger partial charge in [-0.05, 0) is 19.1 Å². The van der Waals surface area contributed by atoms with E-state index in [0.29, 0.717) is 0 Å². The molecule has 0 unspecified atom stereocenters. The van der Waals surface area contributed by atoms with Crippen LogP contribution in [0.2, 0.25) is 10.0 Å².